The van der Waals surface area contributed by atoms with Gasteiger partial charge in [0.15, 0.2) is 0 Å². The molecule has 0 heterocycles. The Kier molecular flexibility index (Phi) is 3.02. The van der Waals surface area contributed by atoms with E-state index in [4.69, 9.17) is 0 Å². The number of hydrogen-bond acceptors (Lipinski definition) is 0. The van der Waals surface area contributed by atoms with E-state index >= 15 is 0 Å². The van der Waals surface area contributed by atoms with Crippen molar-refractivity contribution in [3.63, 3.8) is 0 Å². The fraction of sp³-hybridized carbons (Fsp3) is 0.875. The van der Waals surface area contributed by atoms with E-state index in [1.54, 1.807) is 0 Å². The zero-order chi connectivity index (χ0) is 11.0. The lowest BCUT2D eigenvalue weighted by atomic mass is 9.81. The van der Waals surface area contributed by atoms with Crippen LogP contribution in [-0.2, 0) is 0 Å². The highest BCUT2D eigenvalue weighted by Crippen LogP contribution is 2.44. The summed E-state index contributed by atoms with van der Waals surface area (Å²) in [7, 11) is 0. The first-order chi connectivity index (χ1) is 6.21. The van der Waals surface area contributed by atoms with Gasteiger partial charge in [-0.05, 0) is 25.7 Å². The van der Waals surface area contributed by atoms with Crippen molar-refractivity contribution in [2.45, 2.75) is 31.6 Å². The van der Waals surface area contributed by atoms with Gasteiger partial charge < -0.3 is 0 Å². The van der Waals surface area contributed by atoms with Crippen LogP contribution < -0.4 is 0 Å². The third-order valence-electron chi connectivity index (χ3n) is 2.40. The molecule has 0 saturated heterocycles. The molecule has 1 saturated carbocycles. The van der Waals surface area contributed by atoms with E-state index in [-0.39, 0.29) is 12.8 Å². The second-order valence-corrected chi connectivity index (χ2v) is 3.47. The summed E-state index contributed by atoms with van der Waals surface area (Å²) in [4.78, 5) is 0. The minimum absolute atomic E-state index is 0.296. The molecular formula is C8H9F6. The van der Waals surface area contributed by atoms with E-state index in [1.165, 1.54) is 0 Å². The predicted octanol–water partition coefficient (Wildman–Crippen LogP) is 3.73. The number of hydrogen-bond donors (Lipinski definition) is 0. The Hall–Kier alpha value is -0.420. The molecule has 0 aromatic rings. The van der Waals surface area contributed by atoms with Crippen LogP contribution in [-0.4, -0.2) is 12.4 Å². The van der Waals surface area contributed by atoms with Gasteiger partial charge in [-0.2, -0.15) is 26.3 Å². The molecule has 2 atom stereocenters. The second kappa shape index (κ2) is 3.62. The van der Waals surface area contributed by atoms with Crippen LogP contribution in [0.3, 0.4) is 0 Å². The van der Waals surface area contributed by atoms with E-state index in [0.717, 1.165) is 6.42 Å². The van der Waals surface area contributed by atoms with Crippen molar-refractivity contribution in [2.24, 2.45) is 11.8 Å². The molecule has 83 valence electrons. The van der Waals surface area contributed by atoms with Crippen molar-refractivity contribution >= 4 is 0 Å². The summed E-state index contributed by atoms with van der Waals surface area (Å²) in [6.07, 6.45) is -9.36. The summed E-state index contributed by atoms with van der Waals surface area (Å²) in [5, 5.41) is 0. The lowest BCUT2D eigenvalue weighted by Crippen LogP contribution is -2.35. The van der Waals surface area contributed by atoms with Gasteiger partial charge in [0.1, 0.15) is 0 Å². The normalized spacial score (nSPS) is 30.4. The average Bonchev–Trinajstić information content (AvgIpc) is 2.01. The van der Waals surface area contributed by atoms with Crippen molar-refractivity contribution in [1.29, 1.82) is 0 Å². The maximum atomic E-state index is 12.1. The quantitative estimate of drug-likeness (QED) is 0.544. The molecule has 1 radical (unpaired) electrons. The molecule has 1 rings (SSSR count). The summed E-state index contributed by atoms with van der Waals surface area (Å²) in [5.74, 6) is -3.66. The highest BCUT2D eigenvalue weighted by atomic mass is 19.4. The molecule has 0 aliphatic heterocycles. The van der Waals surface area contributed by atoms with Crippen LogP contribution in [0, 0.1) is 18.3 Å². The lowest BCUT2D eigenvalue weighted by Gasteiger charge is -2.31. The monoisotopic (exact) mass is 219 g/mol. The summed E-state index contributed by atoms with van der Waals surface area (Å²) in [5.41, 5.74) is 0. The molecule has 14 heavy (non-hydrogen) atoms. The number of rotatable bonds is 0. The highest BCUT2D eigenvalue weighted by Gasteiger charge is 2.49. The SMILES string of the molecule is FC(F)(F)C1C[CH]CC(C(F)(F)F)C1. The Labute approximate surface area is 77.3 Å². The number of alkyl halides is 6. The minimum Gasteiger partial charge on any atom is -0.171 e. The maximum Gasteiger partial charge on any atom is 0.391 e. The van der Waals surface area contributed by atoms with Gasteiger partial charge in [-0.3, -0.25) is 0 Å². The Morgan fingerprint density at radius 2 is 1.14 bits per heavy atom. The van der Waals surface area contributed by atoms with Crippen molar-refractivity contribution in [1.82, 2.24) is 0 Å². The highest BCUT2D eigenvalue weighted by molar-refractivity contribution is 4.89. The van der Waals surface area contributed by atoms with Crippen LogP contribution in [0.15, 0.2) is 0 Å². The van der Waals surface area contributed by atoms with Gasteiger partial charge in [-0.15, -0.1) is 0 Å². The average molecular weight is 219 g/mol. The van der Waals surface area contributed by atoms with Gasteiger partial charge in [-0.1, -0.05) is 0 Å². The van der Waals surface area contributed by atoms with Gasteiger partial charge in [0.2, 0.25) is 0 Å². The maximum absolute atomic E-state index is 12.1. The van der Waals surface area contributed by atoms with E-state index in [1.807, 2.05) is 0 Å². The Morgan fingerprint density at radius 3 is 1.43 bits per heavy atom. The van der Waals surface area contributed by atoms with Crippen molar-refractivity contribution in [3.05, 3.63) is 6.42 Å². The Morgan fingerprint density at radius 1 is 0.786 bits per heavy atom. The van der Waals surface area contributed by atoms with E-state index < -0.39 is 30.6 Å². The van der Waals surface area contributed by atoms with Gasteiger partial charge in [0, 0.05) is 0 Å². The van der Waals surface area contributed by atoms with Gasteiger partial charge in [0.25, 0.3) is 0 Å². The molecule has 1 aliphatic carbocycles. The first-order valence-electron chi connectivity index (χ1n) is 4.16. The third-order valence-corrected chi connectivity index (χ3v) is 2.40. The summed E-state index contributed by atoms with van der Waals surface area (Å²) >= 11 is 0. The molecule has 0 bridgehead atoms. The molecule has 1 aliphatic rings. The van der Waals surface area contributed by atoms with E-state index in [2.05, 4.69) is 0 Å². The van der Waals surface area contributed by atoms with Crippen LogP contribution >= 0.6 is 0 Å². The first-order valence-corrected chi connectivity index (χ1v) is 4.16. The summed E-state index contributed by atoms with van der Waals surface area (Å²) in [6.45, 7) is 0. The largest absolute Gasteiger partial charge is 0.391 e. The van der Waals surface area contributed by atoms with E-state index in [9.17, 15) is 26.3 Å². The van der Waals surface area contributed by atoms with Gasteiger partial charge in [-0.25, -0.2) is 0 Å². The molecule has 0 spiro atoms. The Balaban J connectivity index is 2.61. The molecule has 0 N–H and O–H groups in total. The zero-order valence-electron chi connectivity index (χ0n) is 7.12. The van der Waals surface area contributed by atoms with Crippen molar-refractivity contribution in [3.8, 4) is 0 Å². The first kappa shape index (κ1) is 11.7. The van der Waals surface area contributed by atoms with Crippen molar-refractivity contribution in [2.75, 3.05) is 0 Å². The molecule has 0 aromatic heterocycles. The Bertz CT molecular complexity index is 171. The fourth-order valence-corrected chi connectivity index (χ4v) is 1.57. The molecule has 0 aromatic carbocycles. The van der Waals surface area contributed by atoms with E-state index in [0.29, 0.717) is 0 Å². The zero-order valence-corrected chi connectivity index (χ0v) is 7.12. The standard InChI is InChI=1S/C8H9F6/c9-7(10,11)5-2-1-3-6(4-5)8(12,13)14/h1,5-6H,2-4H2. The van der Waals surface area contributed by atoms with Crippen LogP contribution in [0.25, 0.3) is 0 Å². The van der Waals surface area contributed by atoms with Crippen LogP contribution in [0.2, 0.25) is 0 Å². The molecule has 6 heteroatoms. The molecule has 0 amide bonds. The van der Waals surface area contributed by atoms with Crippen molar-refractivity contribution < 1.29 is 26.3 Å². The topological polar surface area (TPSA) is 0 Å². The number of halogens is 6. The van der Waals surface area contributed by atoms with Crippen LogP contribution in [0.4, 0.5) is 26.3 Å². The molecule has 1 fully saturated rings. The molecular weight excluding hydrogens is 210 g/mol. The smallest absolute Gasteiger partial charge is 0.171 e. The minimum atomic E-state index is -4.51. The van der Waals surface area contributed by atoms with Gasteiger partial charge in [0.05, 0.1) is 11.8 Å². The molecule has 2 unspecified atom stereocenters. The van der Waals surface area contributed by atoms with Gasteiger partial charge >= 0.3 is 12.4 Å². The fourth-order valence-electron chi connectivity index (χ4n) is 1.57. The van der Waals surface area contributed by atoms with Crippen LogP contribution in [0.5, 0.6) is 0 Å². The summed E-state index contributed by atoms with van der Waals surface area (Å²) in [6, 6.07) is 0. The predicted molar refractivity (Wildman–Crippen MR) is 37.2 cm³/mol. The second-order valence-electron chi connectivity index (χ2n) is 3.47. The lowest BCUT2D eigenvalue weighted by molar-refractivity contribution is -0.217. The summed E-state index contributed by atoms with van der Waals surface area (Å²) < 4.78 is 72.7. The van der Waals surface area contributed by atoms with Crippen LogP contribution in [0.1, 0.15) is 19.3 Å². The third kappa shape index (κ3) is 2.78. The molecule has 0 nitrogen and oxygen atoms in total.